The summed E-state index contributed by atoms with van der Waals surface area (Å²) in [4.78, 5) is 16.3. The highest BCUT2D eigenvalue weighted by Crippen LogP contribution is 2.26. The number of hydrogen-bond donors (Lipinski definition) is 2. The van der Waals surface area contributed by atoms with Crippen molar-refractivity contribution in [2.24, 2.45) is 0 Å². The number of phenolic OH excluding ortho intramolecular Hbond substituents is 1. The number of nitrogens with one attached hydrogen (secondary N) is 1. The number of rotatable bonds is 3. The van der Waals surface area contributed by atoms with Gasteiger partial charge in [0, 0.05) is 5.02 Å². The van der Waals surface area contributed by atoms with Crippen LogP contribution in [0.25, 0.3) is 11.0 Å². The molecule has 0 atom stereocenters. The topological polar surface area (TPSA) is 67.2 Å². The molecule has 0 aliphatic heterocycles. The van der Waals surface area contributed by atoms with E-state index < -0.39 is 0 Å². The molecule has 0 unspecified atom stereocenters. The van der Waals surface area contributed by atoms with Gasteiger partial charge < -0.3 is 15.0 Å². The Kier molecular flexibility index (Phi) is 3.50. The Bertz CT molecular complexity index is 814. The number of aromatic hydroxyl groups is 1. The van der Waals surface area contributed by atoms with Crippen molar-refractivity contribution in [1.29, 1.82) is 0 Å². The molecule has 2 aromatic carbocycles. The van der Waals surface area contributed by atoms with Crippen molar-refractivity contribution >= 4 is 34.2 Å². The number of nitrogens with zero attached hydrogens (tertiary/aromatic N) is 2. The second kappa shape index (κ2) is 5.46. The fourth-order valence-electron chi connectivity index (χ4n) is 2.09. The minimum absolute atomic E-state index is 0.0248. The summed E-state index contributed by atoms with van der Waals surface area (Å²) in [5.74, 6) is -0.293. The first-order chi connectivity index (χ1) is 10.1. The van der Waals surface area contributed by atoms with Crippen molar-refractivity contribution in [3.8, 4) is 5.75 Å². The molecule has 21 heavy (non-hydrogen) atoms. The molecular weight excluding hydrogens is 290 g/mol. The van der Waals surface area contributed by atoms with Crippen LogP contribution in [0.4, 0.5) is 5.69 Å². The van der Waals surface area contributed by atoms with Gasteiger partial charge in [-0.05, 0) is 30.3 Å². The molecule has 1 amide bonds. The summed E-state index contributed by atoms with van der Waals surface area (Å²) >= 11 is 5.84. The average Bonchev–Trinajstić information content (AvgIpc) is 2.86. The summed E-state index contributed by atoms with van der Waals surface area (Å²) in [6, 6.07) is 12.0. The molecule has 2 N–H and O–H groups in total. The van der Waals surface area contributed by atoms with Crippen molar-refractivity contribution in [3.63, 3.8) is 0 Å². The van der Waals surface area contributed by atoms with E-state index in [1.54, 1.807) is 17.0 Å². The van der Waals surface area contributed by atoms with Crippen molar-refractivity contribution in [2.45, 2.75) is 6.54 Å². The smallest absolute Gasteiger partial charge is 0.244 e. The largest absolute Gasteiger partial charge is 0.506 e. The van der Waals surface area contributed by atoms with Crippen LogP contribution in [-0.4, -0.2) is 20.6 Å². The molecule has 0 aliphatic carbocycles. The minimum atomic E-state index is -0.268. The lowest BCUT2D eigenvalue weighted by Gasteiger charge is -2.08. The molecule has 0 bridgehead atoms. The van der Waals surface area contributed by atoms with Gasteiger partial charge in [-0.15, -0.1) is 0 Å². The number of carbonyl (C=O) groups excluding carboxylic acids is 1. The SMILES string of the molecule is O=C(Cn1cnc2ccccc21)Nc1cc(Cl)ccc1O. The number of benzene rings is 2. The summed E-state index contributed by atoms with van der Waals surface area (Å²) in [6.07, 6.45) is 1.61. The maximum absolute atomic E-state index is 12.1. The van der Waals surface area contributed by atoms with Gasteiger partial charge in [-0.2, -0.15) is 0 Å². The quantitative estimate of drug-likeness (QED) is 0.731. The molecular formula is C15H12ClN3O2. The van der Waals surface area contributed by atoms with Crippen LogP contribution in [-0.2, 0) is 11.3 Å². The predicted octanol–water partition coefficient (Wildman–Crippen LogP) is 3.03. The number of carbonyl (C=O) groups is 1. The number of imidazole rings is 1. The molecule has 1 heterocycles. The van der Waals surface area contributed by atoms with Gasteiger partial charge in [0.05, 0.1) is 23.0 Å². The number of phenols is 1. The monoisotopic (exact) mass is 301 g/mol. The van der Waals surface area contributed by atoms with Crippen LogP contribution in [0.5, 0.6) is 5.75 Å². The molecule has 1 aromatic heterocycles. The Morgan fingerprint density at radius 1 is 1.29 bits per heavy atom. The van der Waals surface area contributed by atoms with Gasteiger partial charge in [-0.3, -0.25) is 4.79 Å². The van der Waals surface area contributed by atoms with Crippen molar-refractivity contribution in [1.82, 2.24) is 9.55 Å². The molecule has 3 aromatic rings. The van der Waals surface area contributed by atoms with E-state index in [9.17, 15) is 9.90 Å². The Balaban J connectivity index is 1.79. The maximum Gasteiger partial charge on any atom is 0.244 e. The highest BCUT2D eigenvalue weighted by Gasteiger charge is 2.09. The van der Waals surface area contributed by atoms with Crippen LogP contribution in [0.15, 0.2) is 48.8 Å². The van der Waals surface area contributed by atoms with Gasteiger partial charge in [0.1, 0.15) is 12.3 Å². The highest BCUT2D eigenvalue weighted by molar-refractivity contribution is 6.31. The lowest BCUT2D eigenvalue weighted by Crippen LogP contribution is -2.18. The second-order valence-electron chi connectivity index (χ2n) is 4.57. The summed E-state index contributed by atoms with van der Waals surface area (Å²) in [5, 5.41) is 12.8. The normalized spacial score (nSPS) is 10.7. The summed E-state index contributed by atoms with van der Waals surface area (Å²) < 4.78 is 1.74. The molecule has 6 heteroatoms. The molecule has 0 saturated carbocycles. The van der Waals surface area contributed by atoms with Crippen LogP contribution in [0.2, 0.25) is 5.02 Å². The van der Waals surface area contributed by atoms with E-state index in [4.69, 9.17) is 11.6 Å². The fourth-order valence-corrected chi connectivity index (χ4v) is 2.26. The van der Waals surface area contributed by atoms with Crippen molar-refractivity contribution < 1.29 is 9.90 Å². The number of hydrogen-bond acceptors (Lipinski definition) is 3. The summed E-state index contributed by atoms with van der Waals surface area (Å²) in [5.41, 5.74) is 2.00. The number of halogens is 1. The van der Waals surface area contributed by atoms with E-state index in [0.29, 0.717) is 5.02 Å². The van der Waals surface area contributed by atoms with Gasteiger partial charge in [-0.1, -0.05) is 23.7 Å². The Morgan fingerprint density at radius 2 is 2.10 bits per heavy atom. The molecule has 0 radical (unpaired) electrons. The number of aromatic nitrogens is 2. The molecule has 106 valence electrons. The zero-order valence-electron chi connectivity index (χ0n) is 11.0. The van der Waals surface area contributed by atoms with E-state index in [0.717, 1.165) is 11.0 Å². The van der Waals surface area contributed by atoms with Gasteiger partial charge in [-0.25, -0.2) is 4.98 Å². The zero-order valence-corrected chi connectivity index (χ0v) is 11.7. The number of fused-ring (bicyclic) bond motifs is 1. The van der Waals surface area contributed by atoms with E-state index in [-0.39, 0.29) is 23.9 Å². The first-order valence-corrected chi connectivity index (χ1v) is 6.69. The summed E-state index contributed by atoms with van der Waals surface area (Å²) in [6.45, 7) is 0.104. The Hall–Kier alpha value is -2.53. The number of amides is 1. The first kappa shape index (κ1) is 13.5. The average molecular weight is 302 g/mol. The van der Waals surface area contributed by atoms with Crippen LogP contribution >= 0.6 is 11.6 Å². The molecule has 5 nitrogen and oxygen atoms in total. The fraction of sp³-hybridized carbons (Fsp3) is 0.0667. The standard InChI is InChI=1S/C15H12ClN3O2/c16-10-5-6-14(20)12(7-10)18-15(21)8-19-9-17-11-3-1-2-4-13(11)19/h1-7,9,20H,8H2,(H,18,21). The third-order valence-corrected chi connectivity index (χ3v) is 3.31. The van der Waals surface area contributed by atoms with Gasteiger partial charge >= 0.3 is 0 Å². The molecule has 0 aliphatic rings. The highest BCUT2D eigenvalue weighted by atomic mass is 35.5. The van der Waals surface area contributed by atoms with Crippen LogP contribution in [0, 0.1) is 0 Å². The van der Waals surface area contributed by atoms with Crippen molar-refractivity contribution in [3.05, 3.63) is 53.8 Å². The lowest BCUT2D eigenvalue weighted by molar-refractivity contribution is -0.116. The third kappa shape index (κ3) is 2.83. The third-order valence-electron chi connectivity index (χ3n) is 3.07. The van der Waals surface area contributed by atoms with Gasteiger partial charge in [0.15, 0.2) is 0 Å². The lowest BCUT2D eigenvalue weighted by atomic mass is 10.3. The zero-order chi connectivity index (χ0) is 14.8. The Labute approximate surface area is 125 Å². The number of anilines is 1. The van der Waals surface area contributed by atoms with E-state index in [2.05, 4.69) is 10.3 Å². The van der Waals surface area contributed by atoms with Crippen LogP contribution in [0.3, 0.4) is 0 Å². The van der Waals surface area contributed by atoms with Crippen LogP contribution in [0.1, 0.15) is 0 Å². The second-order valence-corrected chi connectivity index (χ2v) is 5.01. The van der Waals surface area contributed by atoms with Crippen molar-refractivity contribution in [2.75, 3.05) is 5.32 Å². The van der Waals surface area contributed by atoms with E-state index in [1.807, 2.05) is 24.3 Å². The Morgan fingerprint density at radius 3 is 2.95 bits per heavy atom. The molecule has 0 spiro atoms. The number of para-hydroxylation sites is 2. The van der Waals surface area contributed by atoms with Crippen LogP contribution < -0.4 is 5.32 Å². The molecule has 0 fully saturated rings. The summed E-state index contributed by atoms with van der Waals surface area (Å²) in [7, 11) is 0. The maximum atomic E-state index is 12.1. The molecule has 3 rings (SSSR count). The van der Waals surface area contributed by atoms with Gasteiger partial charge in [0.25, 0.3) is 0 Å². The van der Waals surface area contributed by atoms with Gasteiger partial charge in [0.2, 0.25) is 5.91 Å². The first-order valence-electron chi connectivity index (χ1n) is 6.32. The predicted molar refractivity (Wildman–Crippen MR) is 81.5 cm³/mol. The van der Waals surface area contributed by atoms with E-state index >= 15 is 0 Å². The minimum Gasteiger partial charge on any atom is -0.506 e. The molecule has 0 saturated heterocycles. The van der Waals surface area contributed by atoms with E-state index in [1.165, 1.54) is 12.1 Å².